The van der Waals surface area contributed by atoms with Crippen molar-refractivity contribution >= 4 is 15.9 Å². The molecule has 0 spiro atoms. The lowest BCUT2D eigenvalue weighted by molar-refractivity contribution is 0.173. The molecular weight excluding hydrogens is 344 g/mol. The molecule has 0 unspecified atom stereocenters. The van der Waals surface area contributed by atoms with E-state index >= 15 is 0 Å². The van der Waals surface area contributed by atoms with Crippen molar-refractivity contribution in [2.75, 3.05) is 0 Å². The summed E-state index contributed by atoms with van der Waals surface area (Å²) in [4.78, 5) is 16.5. The molecule has 3 aromatic rings. The van der Waals surface area contributed by atoms with Gasteiger partial charge in [0.25, 0.3) is 0 Å². The highest BCUT2D eigenvalue weighted by Crippen LogP contribution is 2.19. The summed E-state index contributed by atoms with van der Waals surface area (Å²) in [5, 5.41) is 9.83. The van der Waals surface area contributed by atoms with Gasteiger partial charge in [-0.1, -0.05) is 58.4 Å². The van der Waals surface area contributed by atoms with Crippen LogP contribution >= 0.6 is 15.9 Å². The van der Waals surface area contributed by atoms with Gasteiger partial charge in [-0.3, -0.25) is 4.79 Å². The highest BCUT2D eigenvalue weighted by atomic mass is 79.9. The Bertz CT molecular complexity index is 843. The van der Waals surface area contributed by atoms with Gasteiger partial charge < -0.3 is 5.21 Å². The first-order valence-electron chi connectivity index (χ1n) is 6.75. The van der Waals surface area contributed by atoms with Crippen molar-refractivity contribution in [3.05, 3.63) is 86.9 Å². The second-order valence-corrected chi connectivity index (χ2v) is 5.81. The Morgan fingerprint density at radius 2 is 1.73 bits per heavy atom. The van der Waals surface area contributed by atoms with E-state index < -0.39 is 5.56 Å². The molecule has 0 fully saturated rings. The lowest BCUT2D eigenvalue weighted by Gasteiger charge is -2.07. The van der Waals surface area contributed by atoms with Gasteiger partial charge in [0.1, 0.15) is 5.69 Å². The zero-order valence-corrected chi connectivity index (χ0v) is 13.2. The minimum absolute atomic E-state index is 0.314. The van der Waals surface area contributed by atoms with Gasteiger partial charge in [0.2, 0.25) is 0 Å². The van der Waals surface area contributed by atoms with Crippen LogP contribution in [0.2, 0.25) is 0 Å². The standard InChI is InChI=1S/C17H13BrN2O2/c18-14-8-6-13(7-9-14)16-11-20(22)17(21)15(19-16)10-12-4-2-1-3-5-12/h1-9,11,22H,10H2. The van der Waals surface area contributed by atoms with Crippen molar-refractivity contribution < 1.29 is 5.21 Å². The number of aromatic nitrogens is 2. The molecular formula is C17H13BrN2O2. The zero-order chi connectivity index (χ0) is 15.5. The van der Waals surface area contributed by atoms with Gasteiger partial charge in [-0.15, -0.1) is 0 Å². The molecule has 4 nitrogen and oxygen atoms in total. The summed E-state index contributed by atoms with van der Waals surface area (Å²) in [5.41, 5.74) is 2.18. The highest BCUT2D eigenvalue weighted by molar-refractivity contribution is 9.10. The van der Waals surface area contributed by atoms with E-state index in [4.69, 9.17) is 0 Å². The van der Waals surface area contributed by atoms with Crippen LogP contribution in [0.25, 0.3) is 11.3 Å². The third-order valence-electron chi connectivity index (χ3n) is 3.31. The zero-order valence-electron chi connectivity index (χ0n) is 11.6. The molecule has 0 bridgehead atoms. The fraction of sp³-hybridized carbons (Fsp3) is 0.0588. The summed E-state index contributed by atoms with van der Waals surface area (Å²) >= 11 is 3.38. The number of nitrogens with zero attached hydrogens (tertiary/aromatic N) is 2. The van der Waals surface area contributed by atoms with E-state index in [0.717, 1.165) is 15.6 Å². The van der Waals surface area contributed by atoms with Gasteiger partial charge in [0.15, 0.2) is 0 Å². The molecule has 0 aliphatic rings. The average molecular weight is 357 g/mol. The van der Waals surface area contributed by atoms with Crippen LogP contribution in [0.4, 0.5) is 0 Å². The van der Waals surface area contributed by atoms with E-state index in [0.29, 0.717) is 22.5 Å². The number of hydrogen-bond acceptors (Lipinski definition) is 3. The summed E-state index contributed by atoms with van der Waals surface area (Å²) < 4.78 is 1.56. The van der Waals surface area contributed by atoms with Gasteiger partial charge in [0, 0.05) is 16.5 Å². The van der Waals surface area contributed by atoms with Crippen LogP contribution < -0.4 is 5.56 Å². The molecule has 0 aliphatic heterocycles. The number of hydrogen-bond donors (Lipinski definition) is 1. The normalized spacial score (nSPS) is 10.6. The molecule has 0 radical (unpaired) electrons. The van der Waals surface area contributed by atoms with Crippen molar-refractivity contribution in [1.29, 1.82) is 0 Å². The molecule has 5 heteroatoms. The van der Waals surface area contributed by atoms with Gasteiger partial charge >= 0.3 is 5.56 Å². The quantitative estimate of drug-likeness (QED) is 0.730. The van der Waals surface area contributed by atoms with Crippen LogP contribution in [0.3, 0.4) is 0 Å². The fourth-order valence-corrected chi connectivity index (χ4v) is 2.46. The first kappa shape index (κ1) is 14.5. The van der Waals surface area contributed by atoms with Gasteiger partial charge in [-0.2, -0.15) is 4.73 Å². The molecule has 3 rings (SSSR count). The summed E-state index contributed by atoms with van der Waals surface area (Å²) in [5.74, 6) is 0. The van der Waals surface area contributed by atoms with Crippen molar-refractivity contribution in [3.63, 3.8) is 0 Å². The van der Waals surface area contributed by atoms with Gasteiger partial charge in [-0.25, -0.2) is 4.98 Å². The lowest BCUT2D eigenvalue weighted by atomic mass is 10.1. The molecule has 2 aromatic carbocycles. The van der Waals surface area contributed by atoms with Crippen LogP contribution in [-0.4, -0.2) is 14.9 Å². The van der Waals surface area contributed by atoms with Gasteiger partial charge in [0.05, 0.1) is 11.9 Å². The van der Waals surface area contributed by atoms with E-state index in [2.05, 4.69) is 20.9 Å². The second kappa shape index (κ2) is 6.15. The third kappa shape index (κ3) is 3.09. The molecule has 1 aromatic heterocycles. The maximum Gasteiger partial charge on any atom is 0.304 e. The number of rotatable bonds is 3. The molecule has 110 valence electrons. The summed E-state index contributed by atoms with van der Waals surface area (Å²) in [7, 11) is 0. The fourth-order valence-electron chi connectivity index (χ4n) is 2.19. The summed E-state index contributed by atoms with van der Waals surface area (Å²) in [6.07, 6.45) is 1.71. The predicted octanol–water partition coefficient (Wildman–Crippen LogP) is 3.50. The first-order valence-corrected chi connectivity index (χ1v) is 7.54. The maximum atomic E-state index is 12.1. The van der Waals surface area contributed by atoms with E-state index in [1.807, 2.05) is 54.6 Å². The molecule has 1 N–H and O–H groups in total. The van der Waals surface area contributed by atoms with E-state index in [-0.39, 0.29) is 0 Å². The molecule has 0 amide bonds. The van der Waals surface area contributed by atoms with Crippen molar-refractivity contribution in [3.8, 4) is 11.3 Å². The average Bonchev–Trinajstić information content (AvgIpc) is 2.53. The monoisotopic (exact) mass is 356 g/mol. The van der Waals surface area contributed by atoms with Crippen LogP contribution in [0.15, 0.2) is 70.1 Å². The van der Waals surface area contributed by atoms with E-state index in [9.17, 15) is 10.0 Å². The van der Waals surface area contributed by atoms with Crippen LogP contribution in [-0.2, 0) is 6.42 Å². The number of halogens is 1. The van der Waals surface area contributed by atoms with Crippen molar-refractivity contribution in [2.45, 2.75) is 6.42 Å². The maximum absolute atomic E-state index is 12.1. The lowest BCUT2D eigenvalue weighted by Crippen LogP contribution is -2.24. The highest BCUT2D eigenvalue weighted by Gasteiger charge is 2.10. The first-order chi connectivity index (χ1) is 10.6. The minimum atomic E-state index is -0.496. The van der Waals surface area contributed by atoms with E-state index in [1.54, 1.807) is 0 Å². The second-order valence-electron chi connectivity index (χ2n) is 4.89. The molecule has 22 heavy (non-hydrogen) atoms. The Labute approximate surface area is 135 Å². The van der Waals surface area contributed by atoms with Crippen molar-refractivity contribution in [2.24, 2.45) is 0 Å². The summed E-state index contributed by atoms with van der Waals surface area (Å²) in [6, 6.07) is 17.1. The van der Waals surface area contributed by atoms with Gasteiger partial charge in [-0.05, 0) is 17.7 Å². The summed E-state index contributed by atoms with van der Waals surface area (Å²) in [6.45, 7) is 0. The topological polar surface area (TPSA) is 55.1 Å². The molecule has 0 saturated heterocycles. The van der Waals surface area contributed by atoms with Crippen molar-refractivity contribution in [1.82, 2.24) is 9.71 Å². The third-order valence-corrected chi connectivity index (χ3v) is 3.84. The predicted molar refractivity (Wildman–Crippen MR) is 88.1 cm³/mol. The Kier molecular flexibility index (Phi) is 4.06. The largest absolute Gasteiger partial charge is 0.425 e. The van der Waals surface area contributed by atoms with Crippen LogP contribution in [0.1, 0.15) is 11.3 Å². The Hall–Kier alpha value is -2.40. The molecule has 0 saturated carbocycles. The minimum Gasteiger partial charge on any atom is -0.425 e. The Morgan fingerprint density at radius 3 is 2.41 bits per heavy atom. The smallest absolute Gasteiger partial charge is 0.304 e. The Balaban J connectivity index is 2.03. The van der Waals surface area contributed by atoms with E-state index in [1.165, 1.54) is 6.20 Å². The SMILES string of the molecule is O=c1c(Cc2ccccc2)nc(-c2ccc(Br)cc2)cn1O. The van der Waals surface area contributed by atoms with Crippen LogP contribution in [0, 0.1) is 0 Å². The molecule has 0 atom stereocenters. The molecule has 0 aliphatic carbocycles. The van der Waals surface area contributed by atoms with Crippen LogP contribution in [0.5, 0.6) is 0 Å². The Morgan fingerprint density at radius 1 is 1.05 bits per heavy atom. The number of benzene rings is 2. The molecule has 1 heterocycles.